The van der Waals surface area contributed by atoms with Gasteiger partial charge in [-0.3, -0.25) is 4.79 Å². The molecule has 2 nitrogen and oxygen atoms in total. The van der Waals surface area contributed by atoms with Gasteiger partial charge in [-0.1, -0.05) is 6.92 Å². The van der Waals surface area contributed by atoms with Crippen molar-refractivity contribution in [2.24, 2.45) is 5.92 Å². The highest BCUT2D eigenvalue weighted by Gasteiger charge is 2.35. The first-order valence-corrected chi connectivity index (χ1v) is 7.62. The molecule has 1 heterocycles. The Balaban J connectivity index is 2.50. The summed E-state index contributed by atoms with van der Waals surface area (Å²) in [5.41, 5.74) is 7.06. The Morgan fingerprint density at radius 3 is 2.00 bits per heavy atom. The van der Waals surface area contributed by atoms with E-state index in [1.165, 1.54) is 16.7 Å². The quantitative estimate of drug-likeness (QED) is 0.771. The van der Waals surface area contributed by atoms with Crippen LogP contribution in [0.4, 0.5) is 0 Å². The Bertz CT molecular complexity index is 514. The molecule has 1 aliphatic heterocycles. The van der Waals surface area contributed by atoms with E-state index in [4.69, 9.17) is 4.74 Å². The van der Waals surface area contributed by atoms with Gasteiger partial charge in [0.2, 0.25) is 0 Å². The minimum atomic E-state index is 0.0407. The van der Waals surface area contributed by atoms with E-state index in [9.17, 15) is 4.79 Å². The van der Waals surface area contributed by atoms with Gasteiger partial charge in [0.05, 0.1) is 12.0 Å². The van der Waals surface area contributed by atoms with E-state index in [1.54, 1.807) is 0 Å². The molecular weight excluding hydrogens is 248 g/mol. The first kappa shape index (κ1) is 15.2. The van der Waals surface area contributed by atoms with Gasteiger partial charge >= 0.3 is 0 Å². The molecule has 1 fully saturated rings. The van der Waals surface area contributed by atoms with Crippen LogP contribution in [0.5, 0.6) is 0 Å². The monoisotopic (exact) mass is 274 g/mol. The maximum absolute atomic E-state index is 13.0. The van der Waals surface area contributed by atoms with Gasteiger partial charge in [-0.25, -0.2) is 0 Å². The average molecular weight is 274 g/mol. The van der Waals surface area contributed by atoms with Crippen molar-refractivity contribution in [1.82, 2.24) is 0 Å². The summed E-state index contributed by atoms with van der Waals surface area (Å²) < 4.78 is 5.70. The van der Waals surface area contributed by atoms with Gasteiger partial charge in [-0.05, 0) is 75.3 Å². The van der Waals surface area contributed by atoms with Gasteiger partial charge in [0.25, 0.3) is 0 Å². The lowest BCUT2D eigenvalue weighted by molar-refractivity contribution is 0.0688. The standard InChI is InChI=1S/C18H26O2/c1-7-16-15(8-9-20-16)18(19)17-13(5)11(3)10(2)12(4)14(17)6/h15-16H,7-9H2,1-6H3. The molecule has 1 saturated heterocycles. The van der Waals surface area contributed by atoms with Gasteiger partial charge in [-0.2, -0.15) is 0 Å². The Labute approximate surface area is 122 Å². The molecular formula is C18H26O2. The van der Waals surface area contributed by atoms with Gasteiger partial charge in [0.15, 0.2) is 5.78 Å². The fourth-order valence-corrected chi connectivity index (χ4v) is 3.41. The van der Waals surface area contributed by atoms with E-state index in [2.05, 4.69) is 41.5 Å². The van der Waals surface area contributed by atoms with Gasteiger partial charge in [0, 0.05) is 12.2 Å². The van der Waals surface area contributed by atoms with E-state index < -0.39 is 0 Å². The molecule has 2 unspecified atom stereocenters. The third-order valence-corrected chi connectivity index (χ3v) is 5.20. The molecule has 110 valence electrons. The van der Waals surface area contributed by atoms with Crippen molar-refractivity contribution in [3.63, 3.8) is 0 Å². The lowest BCUT2D eigenvalue weighted by Gasteiger charge is -2.22. The van der Waals surface area contributed by atoms with E-state index in [1.807, 2.05) is 0 Å². The Morgan fingerprint density at radius 1 is 1.00 bits per heavy atom. The summed E-state index contributed by atoms with van der Waals surface area (Å²) in [5, 5.41) is 0. The molecule has 0 amide bonds. The third-order valence-electron chi connectivity index (χ3n) is 5.20. The fourth-order valence-electron chi connectivity index (χ4n) is 3.41. The highest BCUT2D eigenvalue weighted by atomic mass is 16.5. The molecule has 0 N–H and O–H groups in total. The zero-order chi connectivity index (χ0) is 15.0. The molecule has 1 aromatic carbocycles. The van der Waals surface area contributed by atoms with Crippen LogP contribution >= 0.6 is 0 Å². The Morgan fingerprint density at radius 2 is 1.50 bits per heavy atom. The molecule has 1 aliphatic rings. The predicted molar refractivity (Wildman–Crippen MR) is 82.6 cm³/mol. The van der Waals surface area contributed by atoms with Crippen molar-refractivity contribution in [2.75, 3.05) is 6.61 Å². The number of rotatable bonds is 3. The molecule has 1 aromatic rings. The summed E-state index contributed by atoms with van der Waals surface area (Å²) in [6.45, 7) is 13.4. The molecule has 0 aliphatic carbocycles. The van der Waals surface area contributed by atoms with Crippen molar-refractivity contribution in [3.8, 4) is 0 Å². The number of Topliss-reactive ketones (excluding diaryl/α,β-unsaturated/α-hetero) is 1. The third kappa shape index (κ3) is 2.31. The van der Waals surface area contributed by atoms with Crippen LogP contribution in [0.3, 0.4) is 0 Å². The number of ether oxygens (including phenoxy) is 1. The van der Waals surface area contributed by atoms with E-state index >= 15 is 0 Å². The molecule has 0 spiro atoms. The van der Waals surface area contributed by atoms with Crippen LogP contribution in [0.2, 0.25) is 0 Å². The highest BCUT2D eigenvalue weighted by molar-refractivity contribution is 6.01. The smallest absolute Gasteiger partial charge is 0.169 e. The molecule has 2 heteroatoms. The number of carbonyl (C=O) groups excluding carboxylic acids is 1. The first-order chi connectivity index (χ1) is 9.40. The lowest BCUT2D eigenvalue weighted by Crippen LogP contribution is -2.25. The zero-order valence-electron chi connectivity index (χ0n) is 13.6. The largest absolute Gasteiger partial charge is 0.377 e. The summed E-state index contributed by atoms with van der Waals surface area (Å²) >= 11 is 0. The number of carbonyl (C=O) groups is 1. The van der Waals surface area contributed by atoms with Crippen LogP contribution in [0, 0.1) is 40.5 Å². The molecule has 0 saturated carbocycles. The summed E-state index contributed by atoms with van der Waals surface area (Å²) in [4.78, 5) is 13.0. The van der Waals surface area contributed by atoms with Crippen molar-refractivity contribution in [3.05, 3.63) is 33.4 Å². The Hall–Kier alpha value is -1.15. The number of hydrogen-bond acceptors (Lipinski definition) is 2. The van der Waals surface area contributed by atoms with Gasteiger partial charge in [-0.15, -0.1) is 0 Å². The minimum absolute atomic E-state index is 0.0407. The second-order valence-electron chi connectivity index (χ2n) is 6.08. The van der Waals surface area contributed by atoms with Crippen molar-refractivity contribution >= 4 is 5.78 Å². The Kier molecular flexibility index (Phi) is 4.33. The normalized spacial score (nSPS) is 22.3. The van der Waals surface area contributed by atoms with Crippen LogP contribution in [-0.2, 0) is 4.74 Å². The molecule has 0 radical (unpaired) electrons. The van der Waals surface area contributed by atoms with E-state index in [-0.39, 0.29) is 17.8 Å². The topological polar surface area (TPSA) is 26.3 Å². The lowest BCUT2D eigenvalue weighted by atomic mass is 9.82. The maximum atomic E-state index is 13.0. The van der Waals surface area contributed by atoms with Crippen molar-refractivity contribution in [1.29, 1.82) is 0 Å². The fraction of sp³-hybridized carbons (Fsp3) is 0.611. The SMILES string of the molecule is CCC1OCCC1C(=O)c1c(C)c(C)c(C)c(C)c1C. The molecule has 0 aromatic heterocycles. The molecule has 0 bridgehead atoms. The number of hydrogen-bond donors (Lipinski definition) is 0. The number of benzene rings is 1. The van der Waals surface area contributed by atoms with E-state index in [0.717, 1.165) is 36.1 Å². The van der Waals surface area contributed by atoms with Crippen LogP contribution in [-0.4, -0.2) is 18.5 Å². The van der Waals surface area contributed by atoms with Crippen LogP contribution in [0.15, 0.2) is 0 Å². The summed E-state index contributed by atoms with van der Waals surface area (Å²) in [7, 11) is 0. The van der Waals surface area contributed by atoms with Gasteiger partial charge in [0.1, 0.15) is 0 Å². The second-order valence-corrected chi connectivity index (χ2v) is 6.08. The second kappa shape index (κ2) is 5.69. The summed E-state index contributed by atoms with van der Waals surface area (Å²) in [6, 6.07) is 0. The van der Waals surface area contributed by atoms with Crippen molar-refractivity contribution < 1.29 is 9.53 Å². The molecule has 20 heavy (non-hydrogen) atoms. The maximum Gasteiger partial charge on any atom is 0.169 e. The predicted octanol–water partition coefficient (Wildman–Crippen LogP) is 4.23. The minimum Gasteiger partial charge on any atom is -0.377 e. The van der Waals surface area contributed by atoms with Crippen LogP contribution in [0.25, 0.3) is 0 Å². The summed E-state index contributed by atoms with van der Waals surface area (Å²) in [5.74, 6) is 0.328. The van der Waals surface area contributed by atoms with Crippen molar-refractivity contribution in [2.45, 2.75) is 60.5 Å². The van der Waals surface area contributed by atoms with Crippen LogP contribution < -0.4 is 0 Å². The van der Waals surface area contributed by atoms with Gasteiger partial charge < -0.3 is 4.74 Å². The molecule has 2 atom stereocenters. The van der Waals surface area contributed by atoms with Crippen LogP contribution in [0.1, 0.15) is 57.9 Å². The highest BCUT2D eigenvalue weighted by Crippen LogP contribution is 2.32. The summed E-state index contributed by atoms with van der Waals surface area (Å²) in [6.07, 6.45) is 1.88. The number of ketones is 1. The first-order valence-electron chi connectivity index (χ1n) is 7.62. The zero-order valence-corrected chi connectivity index (χ0v) is 13.6. The molecule has 2 rings (SSSR count). The average Bonchev–Trinajstić information content (AvgIpc) is 2.91. The van der Waals surface area contributed by atoms with E-state index in [0.29, 0.717) is 0 Å².